The van der Waals surface area contributed by atoms with Gasteiger partial charge in [0, 0.05) is 10.5 Å². The van der Waals surface area contributed by atoms with Crippen molar-refractivity contribution in [1.82, 2.24) is 5.43 Å². The van der Waals surface area contributed by atoms with E-state index in [-0.39, 0.29) is 5.91 Å². The van der Waals surface area contributed by atoms with Crippen LogP contribution in [0.5, 0.6) is 5.75 Å². The third-order valence-electron chi connectivity index (χ3n) is 4.90. The number of carbonyl (C=O) groups excluding carboxylic acids is 1. The summed E-state index contributed by atoms with van der Waals surface area (Å²) in [6, 6.07) is 21.7. The number of hydrazone groups is 1. The van der Waals surface area contributed by atoms with Crippen molar-refractivity contribution in [3.05, 3.63) is 94.5 Å². The van der Waals surface area contributed by atoms with Crippen molar-refractivity contribution in [1.29, 1.82) is 0 Å². The van der Waals surface area contributed by atoms with E-state index in [1.54, 1.807) is 30.1 Å². The number of nitrogens with zero attached hydrogens (tertiary/aromatic N) is 1. The largest absolute Gasteiger partial charge is 0.489 e. The molecule has 160 valence electrons. The van der Waals surface area contributed by atoms with Crippen LogP contribution in [0.4, 0.5) is 0 Å². The smallest absolute Gasteiger partial charge is 0.271 e. The first-order chi connectivity index (χ1) is 15.0. The van der Waals surface area contributed by atoms with E-state index in [4.69, 9.17) is 4.74 Å². The van der Waals surface area contributed by atoms with Gasteiger partial charge in [-0.3, -0.25) is 4.79 Å². The van der Waals surface area contributed by atoms with Crippen LogP contribution in [0.1, 0.15) is 52.4 Å². The van der Waals surface area contributed by atoms with Gasteiger partial charge in [0.1, 0.15) is 12.4 Å². The Morgan fingerprint density at radius 1 is 1.06 bits per heavy atom. The first kappa shape index (κ1) is 22.6. The van der Waals surface area contributed by atoms with E-state index in [0.717, 1.165) is 16.9 Å². The standard InChI is InChI=1S/C26H28N2O2S/c1-18(2)24-14-5-19(3)15-25(24)30-17-21-6-10-22(11-7-21)26(29)28-27-16-20-8-12-23(31-4)13-9-20/h5-16,18H,17H2,1-4H3,(H,28,29). The minimum Gasteiger partial charge on any atom is -0.489 e. The molecule has 0 unspecified atom stereocenters. The lowest BCUT2D eigenvalue weighted by Gasteiger charge is -2.15. The van der Waals surface area contributed by atoms with Gasteiger partial charge in [0.05, 0.1) is 6.21 Å². The minimum absolute atomic E-state index is 0.245. The van der Waals surface area contributed by atoms with Crippen molar-refractivity contribution in [2.75, 3.05) is 6.26 Å². The van der Waals surface area contributed by atoms with Gasteiger partial charge in [-0.15, -0.1) is 11.8 Å². The second-order valence-electron chi connectivity index (χ2n) is 7.65. The molecule has 3 rings (SSSR count). The van der Waals surface area contributed by atoms with E-state index in [1.807, 2.05) is 42.7 Å². The number of amides is 1. The molecular formula is C26H28N2O2S. The normalized spacial score (nSPS) is 11.1. The van der Waals surface area contributed by atoms with Gasteiger partial charge in [0.25, 0.3) is 5.91 Å². The van der Waals surface area contributed by atoms with Gasteiger partial charge in [-0.2, -0.15) is 5.10 Å². The summed E-state index contributed by atoms with van der Waals surface area (Å²) in [7, 11) is 0. The molecule has 0 bridgehead atoms. The molecular weight excluding hydrogens is 404 g/mol. The van der Waals surface area contributed by atoms with E-state index < -0.39 is 0 Å². The maximum absolute atomic E-state index is 12.3. The van der Waals surface area contributed by atoms with Crippen LogP contribution in [0.2, 0.25) is 0 Å². The molecule has 1 N–H and O–H groups in total. The molecule has 0 aliphatic heterocycles. The van der Waals surface area contributed by atoms with Crippen LogP contribution in [0.15, 0.2) is 76.7 Å². The molecule has 0 saturated heterocycles. The Bertz CT molecular complexity index is 1040. The van der Waals surface area contributed by atoms with E-state index in [1.165, 1.54) is 16.0 Å². The quantitative estimate of drug-likeness (QED) is 0.263. The number of benzene rings is 3. The highest BCUT2D eigenvalue weighted by atomic mass is 32.2. The Morgan fingerprint density at radius 3 is 2.42 bits per heavy atom. The number of thioether (sulfide) groups is 1. The van der Waals surface area contributed by atoms with Crippen molar-refractivity contribution in [2.45, 2.75) is 38.2 Å². The Morgan fingerprint density at radius 2 is 1.77 bits per heavy atom. The number of hydrogen-bond acceptors (Lipinski definition) is 4. The van der Waals surface area contributed by atoms with Gasteiger partial charge < -0.3 is 4.74 Å². The van der Waals surface area contributed by atoms with E-state index in [2.05, 4.69) is 49.5 Å². The van der Waals surface area contributed by atoms with E-state index >= 15 is 0 Å². The second-order valence-corrected chi connectivity index (χ2v) is 8.53. The lowest BCUT2D eigenvalue weighted by Crippen LogP contribution is -2.17. The van der Waals surface area contributed by atoms with E-state index in [9.17, 15) is 4.79 Å². The Hall–Kier alpha value is -3.05. The minimum atomic E-state index is -0.245. The fourth-order valence-electron chi connectivity index (χ4n) is 3.08. The Kier molecular flexibility index (Phi) is 7.90. The average molecular weight is 433 g/mol. The van der Waals surface area contributed by atoms with Crippen molar-refractivity contribution in [3.8, 4) is 5.75 Å². The Balaban J connectivity index is 1.56. The van der Waals surface area contributed by atoms with Gasteiger partial charge in [0.15, 0.2) is 0 Å². The zero-order chi connectivity index (χ0) is 22.2. The highest BCUT2D eigenvalue weighted by Gasteiger charge is 2.09. The summed E-state index contributed by atoms with van der Waals surface area (Å²) in [5, 5.41) is 4.05. The van der Waals surface area contributed by atoms with Gasteiger partial charge in [-0.25, -0.2) is 5.43 Å². The molecule has 1 amide bonds. The van der Waals surface area contributed by atoms with Crippen molar-refractivity contribution < 1.29 is 9.53 Å². The summed E-state index contributed by atoms with van der Waals surface area (Å²) in [6.45, 7) is 6.83. The fourth-order valence-corrected chi connectivity index (χ4v) is 3.49. The SMILES string of the molecule is CSc1ccc(C=NNC(=O)c2ccc(COc3cc(C)ccc3C(C)C)cc2)cc1. The topological polar surface area (TPSA) is 50.7 Å². The predicted molar refractivity (Wildman–Crippen MR) is 129 cm³/mol. The lowest BCUT2D eigenvalue weighted by molar-refractivity contribution is 0.0955. The zero-order valence-corrected chi connectivity index (χ0v) is 19.2. The third kappa shape index (κ3) is 6.46. The highest BCUT2D eigenvalue weighted by molar-refractivity contribution is 7.98. The van der Waals surface area contributed by atoms with Crippen LogP contribution in [-0.2, 0) is 6.61 Å². The van der Waals surface area contributed by atoms with Crippen LogP contribution in [0, 0.1) is 6.92 Å². The van der Waals surface area contributed by atoms with Crippen LogP contribution < -0.4 is 10.2 Å². The highest BCUT2D eigenvalue weighted by Crippen LogP contribution is 2.28. The molecule has 0 aromatic heterocycles. The molecule has 3 aromatic carbocycles. The molecule has 0 fully saturated rings. The second kappa shape index (κ2) is 10.8. The molecule has 0 spiro atoms. The number of rotatable bonds is 8. The zero-order valence-electron chi connectivity index (χ0n) is 18.4. The van der Waals surface area contributed by atoms with Gasteiger partial charge in [0.2, 0.25) is 0 Å². The number of hydrogen-bond donors (Lipinski definition) is 1. The average Bonchev–Trinajstić information content (AvgIpc) is 2.78. The van der Waals surface area contributed by atoms with Gasteiger partial charge in [-0.1, -0.05) is 50.2 Å². The van der Waals surface area contributed by atoms with Gasteiger partial charge in [-0.05, 0) is 71.7 Å². The Labute approximate surface area is 188 Å². The van der Waals surface area contributed by atoms with Crippen molar-refractivity contribution in [2.24, 2.45) is 5.10 Å². The van der Waals surface area contributed by atoms with Crippen molar-refractivity contribution >= 4 is 23.9 Å². The number of carbonyl (C=O) groups is 1. The molecule has 0 aliphatic rings. The summed E-state index contributed by atoms with van der Waals surface area (Å²) >= 11 is 1.69. The van der Waals surface area contributed by atoms with Crippen LogP contribution in [0.3, 0.4) is 0 Å². The molecule has 31 heavy (non-hydrogen) atoms. The first-order valence-corrected chi connectivity index (χ1v) is 11.5. The molecule has 4 nitrogen and oxygen atoms in total. The van der Waals surface area contributed by atoms with Crippen LogP contribution >= 0.6 is 11.8 Å². The summed E-state index contributed by atoms with van der Waals surface area (Å²) in [5.41, 5.74) is 7.43. The predicted octanol–water partition coefficient (Wildman–Crippen LogP) is 6.18. The van der Waals surface area contributed by atoms with Gasteiger partial charge >= 0.3 is 0 Å². The molecule has 0 aliphatic carbocycles. The maximum atomic E-state index is 12.3. The first-order valence-electron chi connectivity index (χ1n) is 10.3. The van der Waals surface area contributed by atoms with Crippen molar-refractivity contribution in [3.63, 3.8) is 0 Å². The number of aryl methyl sites for hydroxylation is 1. The van der Waals surface area contributed by atoms with E-state index in [0.29, 0.717) is 18.1 Å². The summed E-state index contributed by atoms with van der Waals surface area (Å²) in [6.07, 6.45) is 3.67. The molecule has 0 radical (unpaired) electrons. The maximum Gasteiger partial charge on any atom is 0.271 e. The number of nitrogens with one attached hydrogen (secondary N) is 1. The number of ether oxygens (including phenoxy) is 1. The summed E-state index contributed by atoms with van der Waals surface area (Å²) in [5.74, 6) is 1.06. The summed E-state index contributed by atoms with van der Waals surface area (Å²) in [4.78, 5) is 13.5. The molecule has 3 aromatic rings. The van der Waals surface area contributed by atoms with Crippen LogP contribution in [-0.4, -0.2) is 18.4 Å². The third-order valence-corrected chi connectivity index (χ3v) is 5.64. The summed E-state index contributed by atoms with van der Waals surface area (Å²) < 4.78 is 6.07. The molecule has 5 heteroatoms. The fraction of sp³-hybridized carbons (Fsp3) is 0.231. The lowest BCUT2D eigenvalue weighted by atomic mass is 10.0. The van der Waals surface area contributed by atoms with Crippen LogP contribution in [0.25, 0.3) is 0 Å². The molecule has 0 atom stereocenters. The molecule has 0 heterocycles. The monoisotopic (exact) mass is 432 g/mol. The molecule has 0 saturated carbocycles.